The molecule has 0 saturated heterocycles. The maximum atomic E-state index is 13.1. The molecule has 0 bridgehead atoms. The quantitative estimate of drug-likeness (QED) is 0.881. The highest BCUT2D eigenvalue weighted by Crippen LogP contribution is 2.31. The predicted molar refractivity (Wildman–Crippen MR) is 83.3 cm³/mol. The Kier molecular flexibility index (Phi) is 4.99. The van der Waals surface area contributed by atoms with Crippen molar-refractivity contribution in [3.63, 3.8) is 0 Å². The summed E-state index contributed by atoms with van der Waals surface area (Å²) in [5.74, 6) is -0.230. The molecule has 0 aliphatic rings. The second-order valence-corrected chi connectivity index (χ2v) is 4.96. The lowest BCUT2D eigenvalue weighted by Crippen LogP contribution is -2.19. The van der Waals surface area contributed by atoms with Crippen molar-refractivity contribution in [2.45, 2.75) is 13.5 Å². The van der Waals surface area contributed by atoms with E-state index in [1.807, 2.05) is 25.2 Å². The first-order valence-electron chi connectivity index (χ1n) is 6.62. The molecule has 20 heavy (non-hydrogen) atoms. The van der Waals surface area contributed by atoms with Gasteiger partial charge in [0.15, 0.2) is 0 Å². The lowest BCUT2D eigenvalue weighted by Gasteiger charge is -2.26. The van der Waals surface area contributed by atoms with Gasteiger partial charge in [0.1, 0.15) is 5.82 Å². The smallest absolute Gasteiger partial charge is 0.123 e. The molecular formula is C16H18ClFN2. The summed E-state index contributed by atoms with van der Waals surface area (Å²) in [4.78, 5) is 2.12. The molecule has 0 aliphatic heterocycles. The van der Waals surface area contributed by atoms with Crippen LogP contribution in [0.3, 0.4) is 0 Å². The monoisotopic (exact) mass is 292 g/mol. The summed E-state index contributed by atoms with van der Waals surface area (Å²) < 4.78 is 13.1. The van der Waals surface area contributed by atoms with Crippen LogP contribution in [0, 0.1) is 5.82 Å². The Balaban J connectivity index is 2.45. The number of benzene rings is 2. The number of rotatable bonds is 5. The molecule has 0 fully saturated rings. The molecule has 1 N–H and O–H groups in total. The molecule has 106 valence electrons. The molecule has 2 rings (SSSR count). The molecular weight excluding hydrogens is 275 g/mol. The zero-order chi connectivity index (χ0) is 14.5. The van der Waals surface area contributed by atoms with Crippen LogP contribution < -0.4 is 10.2 Å². The molecule has 0 aliphatic carbocycles. The van der Waals surface area contributed by atoms with E-state index in [0.29, 0.717) is 5.02 Å². The lowest BCUT2D eigenvalue weighted by molar-refractivity contribution is 0.628. The molecule has 0 aromatic heterocycles. The van der Waals surface area contributed by atoms with Gasteiger partial charge in [0, 0.05) is 29.5 Å². The average molecular weight is 293 g/mol. The van der Waals surface area contributed by atoms with E-state index in [0.717, 1.165) is 30.0 Å². The maximum absolute atomic E-state index is 13.1. The summed E-state index contributed by atoms with van der Waals surface area (Å²) in [6.45, 7) is 3.60. The first-order valence-corrected chi connectivity index (χ1v) is 6.99. The summed E-state index contributed by atoms with van der Waals surface area (Å²) >= 11 is 6.12. The van der Waals surface area contributed by atoms with Crippen molar-refractivity contribution in [3.05, 3.63) is 58.9 Å². The van der Waals surface area contributed by atoms with E-state index in [1.165, 1.54) is 12.1 Å². The number of nitrogens with zero attached hydrogens (tertiary/aromatic N) is 1. The van der Waals surface area contributed by atoms with Crippen LogP contribution in [0.25, 0.3) is 0 Å². The Morgan fingerprint density at radius 1 is 1.15 bits per heavy atom. The van der Waals surface area contributed by atoms with Crippen molar-refractivity contribution in [3.8, 4) is 0 Å². The number of hydrogen-bond donors (Lipinski definition) is 1. The van der Waals surface area contributed by atoms with Crippen molar-refractivity contribution in [1.82, 2.24) is 5.32 Å². The van der Waals surface area contributed by atoms with Crippen LogP contribution in [0.5, 0.6) is 0 Å². The van der Waals surface area contributed by atoms with Gasteiger partial charge in [-0.15, -0.1) is 0 Å². The summed E-state index contributed by atoms with van der Waals surface area (Å²) in [5.41, 5.74) is 3.15. The van der Waals surface area contributed by atoms with Crippen molar-refractivity contribution in [2.24, 2.45) is 0 Å². The van der Waals surface area contributed by atoms with Crippen LogP contribution in [-0.2, 0) is 6.54 Å². The highest BCUT2D eigenvalue weighted by Gasteiger charge is 2.12. The standard InChI is InChI=1S/C16H18ClFN2/c1-3-20(15-8-6-14(18)7-9-15)16-10-13(17)5-4-12(16)11-19-2/h4-10,19H,3,11H2,1-2H3. The van der Waals surface area contributed by atoms with Crippen LogP contribution in [0.1, 0.15) is 12.5 Å². The third kappa shape index (κ3) is 3.30. The third-order valence-corrected chi connectivity index (χ3v) is 3.39. The van der Waals surface area contributed by atoms with Gasteiger partial charge < -0.3 is 10.2 Å². The Morgan fingerprint density at radius 3 is 2.45 bits per heavy atom. The zero-order valence-electron chi connectivity index (χ0n) is 11.7. The summed E-state index contributed by atoms with van der Waals surface area (Å²) in [5, 5.41) is 3.85. The van der Waals surface area contributed by atoms with Gasteiger partial charge in [-0.25, -0.2) is 4.39 Å². The highest BCUT2D eigenvalue weighted by atomic mass is 35.5. The average Bonchev–Trinajstić information content (AvgIpc) is 2.45. The van der Waals surface area contributed by atoms with Gasteiger partial charge in [0.2, 0.25) is 0 Å². The first kappa shape index (κ1) is 14.8. The van der Waals surface area contributed by atoms with Crippen LogP contribution in [0.2, 0.25) is 5.02 Å². The van der Waals surface area contributed by atoms with Gasteiger partial charge in [0.05, 0.1) is 0 Å². The molecule has 2 nitrogen and oxygen atoms in total. The minimum atomic E-state index is -0.230. The van der Waals surface area contributed by atoms with E-state index >= 15 is 0 Å². The van der Waals surface area contributed by atoms with E-state index in [-0.39, 0.29) is 5.82 Å². The predicted octanol–water partition coefficient (Wildman–Crippen LogP) is 4.36. The Bertz CT molecular complexity index is 569. The van der Waals surface area contributed by atoms with Gasteiger partial charge in [-0.2, -0.15) is 0 Å². The van der Waals surface area contributed by atoms with Crippen molar-refractivity contribution >= 4 is 23.0 Å². The fourth-order valence-electron chi connectivity index (χ4n) is 2.24. The lowest BCUT2D eigenvalue weighted by atomic mass is 10.1. The number of halogens is 2. The summed E-state index contributed by atoms with van der Waals surface area (Å²) in [6, 6.07) is 12.4. The van der Waals surface area contributed by atoms with Crippen LogP contribution in [0.15, 0.2) is 42.5 Å². The van der Waals surface area contributed by atoms with E-state index in [1.54, 1.807) is 12.1 Å². The third-order valence-electron chi connectivity index (χ3n) is 3.16. The molecule has 2 aromatic carbocycles. The molecule has 0 unspecified atom stereocenters. The fourth-order valence-corrected chi connectivity index (χ4v) is 2.41. The first-order chi connectivity index (χ1) is 9.65. The van der Waals surface area contributed by atoms with Crippen molar-refractivity contribution < 1.29 is 4.39 Å². The molecule has 0 heterocycles. The molecule has 0 amide bonds. The largest absolute Gasteiger partial charge is 0.341 e. The Hall–Kier alpha value is -1.58. The number of anilines is 2. The van der Waals surface area contributed by atoms with Crippen LogP contribution in [0.4, 0.5) is 15.8 Å². The molecule has 0 saturated carbocycles. The van der Waals surface area contributed by atoms with Gasteiger partial charge in [0.25, 0.3) is 0 Å². The summed E-state index contributed by atoms with van der Waals surface area (Å²) in [6.07, 6.45) is 0. The van der Waals surface area contributed by atoms with E-state index in [4.69, 9.17) is 11.6 Å². The van der Waals surface area contributed by atoms with Gasteiger partial charge in [-0.3, -0.25) is 0 Å². The van der Waals surface area contributed by atoms with Crippen molar-refractivity contribution in [2.75, 3.05) is 18.5 Å². The zero-order valence-corrected chi connectivity index (χ0v) is 12.4. The van der Waals surface area contributed by atoms with E-state index in [2.05, 4.69) is 17.1 Å². The van der Waals surface area contributed by atoms with E-state index in [9.17, 15) is 4.39 Å². The SMILES string of the molecule is CCN(c1ccc(F)cc1)c1cc(Cl)ccc1CNC. The number of hydrogen-bond acceptors (Lipinski definition) is 2. The Labute approximate surface area is 124 Å². The normalized spacial score (nSPS) is 10.6. The van der Waals surface area contributed by atoms with Crippen LogP contribution >= 0.6 is 11.6 Å². The van der Waals surface area contributed by atoms with Gasteiger partial charge in [-0.05, 0) is 55.9 Å². The van der Waals surface area contributed by atoms with Crippen LogP contribution in [-0.4, -0.2) is 13.6 Å². The maximum Gasteiger partial charge on any atom is 0.123 e. The second kappa shape index (κ2) is 6.73. The molecule has 0 radical (unpaired) electrons. The molecule has 4 heteroatoms. The minimum absolute atomic E-state index is 0.230. The Morgan fingerprint density at radius 2 is 1.85 bits per heavy atom. The molecule has 0 spiro atoms. The highest BCUT2D eigenvalue weighted by molar-refractivity contribution is 6.30. The topological polar surface area (TPSA) is 15.3 Å². The fraction of sp³-hybridized carbons (Fsp3) is 0.250. The van der Waals surface area contributed by atoms with Gasteiger partial charge >= 0.3 is 0 Å². The van der Waals surface area contributed by atoms with E-state index < -0.39 is 0 Å². The molecule has 0 atom stereocenters. The summed E-state index contributed by atoms with van der Waals surface area (Å²) in [7, 11) is 1.91. The number of nitrogens with one attached hydrogen (secondary N) is 1. The van der Waals surface area contributed by atoms with Gasteiger partial charge in [-0.1, -0.05) is 17.7 Å². The molecule has 2 aromatic rings. The second-order valence-electron chi connectivity index (χ2n) is 4.52. The van der Waals surface area contributed by atoms with Crippen molar-refractivity contribution in [1.29, 1.82) is 0 Å². The minimum Gasteiger partial charge on any atom is -0.341 e.